The SMILES string of the molecule is OC[C@@H]1CN(Cc2cccc(Oc3ccc(Cl)cc3)c2)C[C@H]1CO. The molecule has 1 aliphatic heterocycles. The molecule has 0 unspecified atom stereocenters. The molecule has 4 nitrogen and oxygen atoms in total. The van der Waals surface area contributed by atoms with E-state index >= 15 is 0 Å². The highest BCUT2D eigenvalue weighted by atomic mass is 35.5. The zero-order chi connectivity index (χ0) is 16.9. The largest absolute Gasteiger partial charge is 0.457 e. The third-order valence-corrected chi connectivity index (χ3v) is 4.73. The Labute approximate surface area is 147 Å². The quantitative estimate of drug-likeness (QED) is 0.842. The van der Waals surface area contributed by atoms with E-state index in [1.807, 2.05) is 30.3 Å². The molecule has 0 aliphatic carbocycles. The first kappa shape index (κ1) is 17.2. The number of ether oxygens (including phenoxy) is 1. The van der Waals surface area contributed by atoms with Gasteiger partial charge >= 0.3 is 0 Å². The van der Waals surface area contributed by atoms with Gasteiger partial charge < -0.3 is 14.9 Å². The van der Waals surface area contributed by atoms with Gasteiger partial charge in [0.1, 0.15) is 11.5 Å². The Kier molecular flexibility index (Phi) is 5.74. The fourth-order valence-electron chi connectivity index (χ4n) is 3.18. The number of rotatable bonds is 6. The molecule has 0 radical (unpaired) electrons. The third-order valence-electron chi connectivity index (χ3n) is 4.48. The van der Waals surface area contributed by atoms with E-state index in [1.165, 1.54) is 0 Å². The number of likely N-dealkylation sites (tertiary alicyclic amines) is 1. The monoisotopic (exact) mass is 347 g/mol. The Morgan fingerprint density at radius 3 is 2.25 bits per heavy atom. The van der Waals surface area contributed by atoms with Crippen molar-refractivity contribution in [3.05, 3.63) is 59.1 Å². The highest BCUT2D eigenvalue weighted by molar-refractivity contribution is 6.30. The molecule has 2 atom stereocenters. The summed E-state index contributed by atoms with van der Waals surface area (Å²) in [6, 6.07) is 15.3. The normalized spacial score (nSPS) is 21.1. The van der Waals surface area contributed by atoms with E-state index < -0.39 is 0 Å². The van der Waals surface area contributed by atoms with Crippen molar-refractivity contribution in [3.63, 3.8) is 0 Å². The van der Waals surface area contributed by atoms with Gasteiger partial charge in [0.2, 0.25) is 0 Å². The van der Waals surface area contributed by atoms with Crippen LogP contribution in [0.3, 0.4) is 0 Å². The van der Waals surface area contributed by atoms with Gasteiger partial charge in [-0.25, -0.2) is 0 Å². The van der Waals surface area contributed by atoms with Crippen LogP contribution in [0.25, 0.3) is 0 Å². The van der Waals surface area contributed by atoms with Gasteiger partial charge in [-0.05, 0) is 42.0 Å². The van der Waals surface area contributed by atoms with Crippen molar-refractivity contribution in [3.8, 4) is 11.5 Å². The van der Waals surface area contributed by atoms with E-state index in [1.54, 1.807) is 12.1 Å². The first-order valence-corrected chi connectivity index (χ1v) is 8.52. The standard InChI is InChI=1S/C19H22ClNO3/c20-17-4-6-18(7-5-17)24-19-3-1-2-14(8-19)9-21-10-15(12-22)16(11-21)13-23/h1-8,15-16,22-23H,9-13H2/t15-,16-/m0/s1. The van der Waals surface area contributed by atoms with Crippen molar-refractivity contribution < 1.29 is 14.9 Å². The molecule has 0 aromatic heterocycles. The maximum Gasteiger partial charge on any atom is 0.127 e. The molecule has 3 rings (SSSR count). The van der Waals surface area contributed by atoms with Gasteiger partial charge in [-0.15, -0.1) is 0 Å². The molecule has 5 heteroatoms. The average molecular weight is 348 g/mol. The summed E-state index contributed by atoms with van der Waals surface area (Å²) in [5.41, 5.74) is 1.15. The van der Waals surface area contributed by atoms with Crippen molar-refractivity contribution in [1.82, 2.24) is 4.90 Å². The van der Waals surface area contributed by atoms with E-state index in [4.69, 9.17) is 16.3 Å². The minimum atomic E-state index is 0.126. The fourth-order valence-corrected chi connectivity index (χ4v) is 3.31. The summed E-state index contributed by atoms with van der Waals surface area (Å²) in [7, 11) is 0. The Hall–Kier alpha value is -1.59. The summed E-state index contributed by atoms with van der Waals surface area (Å²) >= 11 is 5.89. The minimum absolute atomic E-state index is 0.126. The van der Waals surface area contributed by atoms with Crippen LogP contribution < -0.4 is 4.74 Å². The molecule has 24 heavy (non-hydrogen) atoms. The molecule has 0 spiro atoms. The van der Waals surface area contributed by atoms with Crippen LogP contribution in [0.4, 0.5) is 0 Å². The lowest BCUT2D eigenvalue weighted by Gasteiger charge is -2.16. The van der Waals surface area contributed by atoms with Gasteiger partial charge in [-0.1, -0.05) is 23.7 Å². The molecule has 1 saturated heterocycles. The maximum absolute atomic E-state index is 9.41. The van der Waals surface area contributed by atoms with Crippen LogP contribution in [0.2, 0.25) is 5.02 Å². The lowest BCUT2D eigenvalue weighted by molar-refractivity contribution is 0.152. The number of hydrogen-bond acceptors (Lipinski definition) is 4. The Balaban J connectivity index is 1.64. The number of hydrogen-bond donors (Lipinski definition) is 2. The van der Waals surface area contributed by atoms with Gasteiger partial charge in [-0.3, -0.25) is 4.90 Å². The van der Waals surface area contributed by atoms with Crippen molar-refractivity contribution in [2.24, 2.45) is 11.8 Å². The molecule has 2 aromatic carbocycles. The average Bonchev–Trinajstić information content (AvgIpc) is 2.99. The van der Waals surface area contributed by atoms with Crippen LogP contribution in [-0.4, -0.2) is 41.4 Å². The third kappa shape index (κ3) is 4.28. The molecule has 0 amide bonds. The van der Waals surface area contributed by atoms with Gasteiger partial charge in [0, 0.05) is 49.7 Å². The highest BCUT2D eigenvalue weighted by Crippen LogP contribution is 2.27. The molecule has 2 N–H and O–H groups in total. The smallest absolute Gasteiger partial charge is 0.127 e. The number of aliphatic hydroxyl groups is 2. The van der Waals surface area contributed by atoms with Crippen LogP contribution in [0, 0.1) is 11.8 Å². The zero-order valence-corrected chi connectivity index (χ0v) is 14.2. The summed E-state index contributed by atoms with van der Waals surface area (Å²) in [5, 5.41) is 19.5. The van der Waals surface area contributed by atoms with Crippen molar-refractivity contribution in [2.45, 2.75) is 6.54 Å². The highest BCUT2D eigenvalue weighted by Gasteiger charge is 2.31. The molecule has 0 saturated carbocycles. The topological polar surface area (TPSA) is 52.9 Å². The van der Waals surface area contributed by atoms with Gasteiger partial charge in [-0.2, -0.15) is 0 Å². The van der Waals surface area contributed by atoms with Crippen LogP contribution in [0.5, 0.6) is 11.5 Å². The molecule has 1 fully saturated rings. The zero-order valence-electron chi connectivity index (χ0n) is 13.4. The summed E-state index contributed by atoms with van der Waals surface area (Å²) in [4.78, 5) is 2.27. The molecule has 1 heterocycles. The van der Waals surface area contributed by atoms with Crippen LogP contribution in [-0.2, 0) is 6.54 Å². The second kappa shape index (κ2) is 7.99. The Bertz CT molecular complexity index is 650. The van der Waals surface area contributed by atoms with Crippen LogP contribution >= 0.6 is 11.6 Å². The van der Waals surface area contributed by atoms with E-state index in [-0.39, 0.29) is 25.0 Å². The molecule has 128 valence electrons. The fraction of sp³-hybridized carbons (Fsp3) is 0.368. The summed E-state index contributed by atoms with van der Waals surface area (Å²) in [6.45, 7) is 2.65. The lowest BCUT2D eigenvalue weighted by atomic mass is 9.98. The predicted octanol–water partition coefficient (Wildman–Crippen LogP) is 3.16. The van der Waals surface area contributed by atoms with Crippen LogP contribution in [0.15, 0.2) is 48.5 Å². The second-order valence-corrected chi connectivity index (χ2v) is 6.72. The number of benzene rings is 2. The molecule has 0 bridgehead atoms. The Morgan fingerprint density at radius 2 is 1.62 bits per heavy atom. The molecular formula is C19H22ClNO3. The van der Waals surface area contributed by atoms with Crippen molar-refractivity contribution >= 4 is 11.6 Å². The van der Waals surface area contributed by atoms with Gasteiger partial charge in [0.25, 0.3) is 0 Å². The maximum atomic E-state index is 9.41. The number of aliphatic hydroxyl groups excluding tert-OH is 2. The van der Waals surface area contributed by atoms with Crippen molar-refractivity contribution in [1.29, 1.82) is 0 Å². The predicted molar refractivity (Wildman–Crippen MR) is 94.4 cm³/mol. The van der Waals surface area contributed by atoms with Gasteiger partial charge in [0.15, 0.2) is 0 Å². The molecular weight excluding hydrogens is 326 g/mol. The first-order chi connectivity index (χ1) is 11.7. The lowest BCUT2D eigenvalue weighted by Crippen LogP contribution is -2.21. The van der Waals surface area contributed by atoms with E-state index in [9.17, 15) is 10.2 Å². The number of nitrogens with zero attached hydrogens (tertiary/aromatic N) is 1. The van der Waals surface area contributed by atoms with Gasteiger partial charge in [0.05, 0.1) is 0 Å². The second-order valence-electron chi connectivity index (χ2n) is 6.28. The molecule has 2 aromatic rings. The summed E-state index contributed by atoms with van der Waals surface area (Å²) < 4.78 is 5.87. The minimum Gasteiger partial charge on any atom is -0.457 e. The molecule has 1 aliphatic rings. The first-order valence-electron chi connectivity index (χ1n) is 8.14. The van der Waals surface area contributed by atoms with Crippen molar-refractivity contribution in [2.75, 3.05) is 26.3 Å². The van der Waals surface area contributed by atoms with Crippen LogP contribution in [0.1, 0.15) is 5.56 Å². The van der Waals surface area contributed by atoms with E-state index in [0.717, 1.165) is 36.7 Å². The van der Waals surface area contributed by atoms with E-state index in [2.05, 4.69) is 11.0 Å². The summed E-state index contributed by atoms with van der Waals surface area (Å²) in [6.07, 6.45) is 0. The number of halogens is 1. The van der Waals surface area contributed by atoms with E-state index in [0.29, 0.717) is 5.02 Å². The summed E-state index contributed by atoms with van der Waals surface area (Å²) in [5.74, 6) is 1.84. The Morgan fingerprint density at radius 1 is 0.958 bits per heavy atom.